The van der Waals surface area contributed by atoms with Gasteiger partial charge in [-0.25, -0.2) is 0 Å². The number of hydrogen-bond donors (Lipinski definition) is 2. The fourth-order valence-corrected chi connectivity index (χ4v) is 2.22. The van der Waals surface area contributed by atoms with Crippen molar-refractivity contribution < 1.29 is 5.11 Å². The fourth-order valence-electron chi connectivity index (χ4n) is 2.22. The van der Waals surface area contributed by atoms with Gasteiger partial charge in [0, 0.05) is 18.6 Å². The monoisotopic (exact) mass is 186 g/mol. The predicted molar refractivity (Wildman–Crippen MR) is 54.8 cm³/mol. The molecule has 0 radical (unpaired) electrons. The van der Waals surface area contributed by atoms with Crippen LogP contribution < -0.4 is 5.32 Å². The van der Waals surface area contributed by atoms with Crippen LogP contribution in [0, 0.1) is 0 Å². The molecule has 3 heteroatoms. The van der Waals surface area contributed by atoms with E-state index >= 15 is 0 Å². The van der Waals surface area contributed by atoms with Gasteiger partial charge >= 0.3 is 0 Å². The average Bonchev–Trinajstić information content (AvgIpc) is 2.55. The van der Waals surface area contributed by atoms with Gasteiger partial charge in [0.05, 0.1) is 6.61 Å². The van der Waals surface area contributed by atoms with Gasteiger partial charge in [0.15, 0.2) is 0 Å². The molecule has 2 N–H and O–H groups in total. The predicted octanol–water partition coefficient (Wildman–Crippen LogP) is 0.443. The first-order chi connectivity index (χ1) is 6.21. The highest BCUT2D eigenvalue weighted by Crippen LogP contribution is 2.32. The van der Waals surface area contributed by atoms with Crippen molar-refractivity contribution in [3.63, 3.8) is 0 Å². The van der Waals surface area contributed by atoms with Gasteiger partial charge in [-0.3, -0.25) is 0 Å². The molecule has 0 amide bonds. The molecule has 13 heavy (non-hydrogen) atoms. The topological polar surface area (TPSA) is 35.5 Å². The Morgan fingerprint density at radius 2 is 1.92 bits per heavy atom. The third-order valence-electron chi connectivity index (χ3n) is 3.23. The maximum absolute atomic E-state index is 8.69. The Hall–Kier alpha value is -0.120. The van der Waals surface area contributed by atoms with Crippen molar-refractivity contribution in [1.29, 1.82) is 0 Å². The van der Waals surface area contributed by atoms with E-state index in [4.69, 9.17) is 5.11 Å². The summed E-state index contributed by atoms with van der Waals surface area (Å²) in [4.78, 5) is 2.34. The summed E-state index contributed by atoms with van der Waals surface area (Å²) < 4.78 is 0. The summed E-state index contributed by atoms with van der Waals surface area (Å²) in [6.07, 6.45) is 5.27. The van der Waals surface area contributed by atoms with Crippen LogP contribution in [0.3, 0.4) is 0 Å². The zero-order valence-electron chi connectivity index (χ0n) is 8.84. The Balaban J connectivity index is 2.38. The van der Waals surface area contributed by atoms with Crippen LogP contribution in [-0.2, 0) is 0 Å². The molecule has 1 rings (SSSR count). The van der Waals surface area contributed by atoms with Gasteiger partial charge in [-0.15, -0.1) is 0 Å². The van der Waals surface area contributed by atoms with Crippen molar-refractivity contribution >= 4 is 0 Å². The first kappa shape index (κ1) is 11.0. The molecule has 1 aliphatic carbocycles. The summed E-state index contributed by atoms with van der Waals surface area (Å²) in [5.41, 5.74) is 0.356. The number of aliphatic hydroxyl groups is 1. The lowest BCUT2D eigenvalue weighted by molar-refractivity contribution is 0.150. The molecule has 1 aliphatic rings. The van der Waals surface area contributed by atoms with E-state index in [0.717, 1.165) is 13.1 Å². The summed E-state index contributed by atoms with van der Waals surface area (Å²) in [6.45, 7) is 1.97. The van der Waals surface area contributed by atoms with Gasteiger partial charge in [-0.2, -0.15) is 0 Å². The lowest BCUT2D eigenvalue weighted by Crippen LogP contribution is -2.50. The Morgan fingerprint density at radius 1 is 1.31 bits per heavy atom. The molecule has 0 atom stereocenters. The second-order valence-electron chi connectivity index (χ2n) is 4.23. The number of likely N-dealkylation sites (N-methyl/N-ethyl adjacent to an activating group) is 1. The number of rotatable bonds is 5. The third kappa shape index (κ3) is 2.66. The van der Waals surface area contributed by atoms with Gasteiger partial charge in [-0.05, 0) is 26.9 Å². The molecule has 0 aromatic carbocycles. The zero-order chi connectivity index (χ0) is 9.73. The van der Waals surface area contributed by atoms with Gasteiger partial charge in [0.1, 0.15) is 0 Å². The maximum atomic E-state index is 8.69. The Bertz CT molecular complexity index is 142. The molecule has 0 unspecified atom stereocenters. The average molecular weight is 186 g/mol. The van der Waals surface area contributed by atoms with E-state index in [9.17, 15) is 0 Å². The van der Waals surface area contributed by atoms with Crippen molar-refractivity contribution in [3.05, 3.63) is 0 Å². The van der Waals surface area contributed by atoms with E-state index in [-0.39, 0.29) is 6.61 Å². The minimum atomic E-state index is 0.240. The minimum absolute atomic E-state index is 0.240. The Labute approximate surface area is 81.1 Å². The number of nitrogens with one attached hydrogen (secondary N) is 1. The molecule has 1 saturated carbocycles. The van der Waals surface area contributed by atoms with E-state index in [1.807, 2.05) is 0 Å². The zero-order valence-corrected chi connectivity index (χ0v) is 8.84. The molecule has 3 nitrogen and oxygen atoms in total. The molecule has 1 fully saturated rings. The van der Waals surface area contributed by atoms with Crippen LogP contribution in [0.25, 0.3) is 0 Å². The lowest BCUT2D eigenvalue weighted by Gasteiger charge is -2.36. The van der Waals surface area contributed by atoms with E-state index < -0.39 is 0 Å². The Kier molecular flexibility index (Phi) is 4.16. The molecule has 0 saturated heterocycles. The molecule has 0 heterocycles. The summed E-state index contributed by atoms with van der Waals surface area (Å²) in [5, 5.41) is 12.0. The third-order valence-corrected chi connectivity index (χ3v) is 3.23. The van der Waals surface area contributed by atoms with Crippen LogP contribution in [0.2, 0.25) is 0 Å². The highest BCUT2D eigenvalue weighted by Gasteiger charge is 2.35. The van der Waals surface area contributed by atoms with Crippen LogP contribution in [0.5, 0.6) is 0 Å². The first-order valence-electron chi connectivity index (χ1n) is 5.20. The quantitative estimate of drug-likeness (QED) is 0.612. The number of hydrogen-bond acceptors (Lipinski definition) is 3. The van der Waals surface area contributed by atoms with Crippen molar-refractivity contribution in [2.75, 3.05) is 33.8 Å². The summed E-state index contributed by atoms with van der Waals surface area (Å²) >= 11 is 0. The van der Waals surface area contributed by atoms with Crippen LogP contribution in [-0.4, -0.2) is 49.3 Å². The second kappa shape index (κ2) is 4.94. The van der Waals surface area contributed by atoms with Crippen LogP contribution >= 0.6 is 0 Å². The van der Waals surface area contributed by atoms with Crippen molar-refractivity contribution in [2.24, 2.45) is 0 Å². The molecule has 78 valence electrons. The summed E-state index contributed by atoms with van der Waals surface area (Å²) in [5.74, 6) is 0. The standard InChI is InChI=1S/C10H22N2O/c1-12(2)10(5-3-4-6-10)9-11-7-8-13/h11,13H,3-9H2,1-2H3. The summed E-state index contributed by atoms with van der Waals surface area (Å²) in [6, 6.07) is 0. The van der Waals surface area contributed by atoms with Crippen molar-refractivity contribution in [3.8, 4) is 0 Å². The normalized spacial score (nSPS) is 21.2. The Morgan fingerprint density at radius 3 is 2.38 bits per heavy atom. The van der Waals surface area contributed by atoms with Crippen molar-refractivity contribution in [1.82, 2.24) is 10.2 Å². The molecule has 0 spiro atoms. The molecule has 0 aromatic heterocycles. The van der Waals surface area contributed by atoms with E-state index in [2.05, 4.69) is 24.3 Å². The molecule has 0 aliphatic heterocycles. The van der Waals surface area contributed by atoms with Gasteiger partial charge in [-0.1, -0.05) is 12.8 Å². The molecular weight excluding hydrogens is 164 g/mol. The van der Waals surface area contributed by atoms with Gasteiger partial charge in [0.25, 0.3) is 0 Å². The SMILES string of the molecule is CN(C)C1(CNCCO)CCCC1. The van der Waals surface area contributed by atoms with Crippen LogP contribution in [0.4, 0.5) is 0 Å². The maximum Gasteiger partial charge on any atom is 0.0555 e. The van der Waals surface area contributed by atoms with E-state index in [1.54, 1.807) is 0 Å². The van der Waals surface area contributed by atoms with Crippen LogP contribution in [0.15, 0.2) is 0 Å². The first-order valence-corrected chi connectivity index (χ1v) is 5.20. The molecule has 0 bridgehead atoms. The number of aliphatic hydroxyl groups excluding tert-OH is 1. The smallest absolute Gasteiger partial charge is 0.0555 e. The second-order valence-corrected chi connectivity index (χ2v) is 4.23. The lowest BCUT2D eigenvalue weighted by atomic mass is 9.96. The summed E-state index contributed by atoms with van der Waals surface area (Å²) in [7, 11) is 4.32. The van der Waals surface area contributed by atoms with Gasteiger partial charge in [0.2, 0.25) is 0 Å². The highest BCUT2D eigenvalue weighted by molar-refractivity contribution is 4.94. The molecular formula is C10H22N2O. The largest absolute Gasteiger partial charge is 0.395 e. The highest BCUT2D eigenvalue weighted by atomic mass is 16.3. The minimum Gasteiger partial charge on any atom is -0.395 e. The van der Waals surface area contributed by atoms with E-state index in [0.29, 0.717) is 5.54 Å². The fraction of sp³-hybridized carbons (Fsp3) is 1.00. The number of nitrogens with zero attached hydrogens (tertiary/aromatic N) is 1. The van der Waals surface area contributed by atoms with Crippen molar-refractivity contribution in [2.45, 2.75) is 31.2 Å². The molecule has 0 aromatic rings. The van der Waals surface area contributed by atoms with Crippen LogP contribution in [0.1, 0.15) is 25.7 Å². The van der Waals surface area contributed by atoms with E-state index in [1.165, 1.54) is 25.7 Å². The van der Waals surface area contributed by atoms with Gasteiger partial charge < -0.3 is 15.3 Å².